The topological polar surface area (TPSA) is 51.2 Å². The number of hydrogen-bond acceptors (Lipinski definition) is 5. The van der Waals surface area contributed by atoms with E-state index in [9.17, 15) is 4.79 Å². The largest absolute Gasteiger partial charge is 0.457 e. The van der Waals surface area contributed by atoms with Crippen LogP contribution in [-0.4, -0.2) is 10.9 Å². The molecular formula is C28H22N2O2S2. The lowest BCUT2D eigenvalue weighted by Gasteiger charge is -2.12. The summed E-state index contributed by atoms with van der Waals surface area (Å²) in [5.41, 5.74) is 4.07. The smallest absolute Gasteiger partial charge is 0.256 e. The van der Waals surface area contributed by atoms with E-state index >= 15 is 0 Å². The van der Waals surface area contributed by atoms with Gasteiger partial charge in [0.25, 0.3) is 5.91 Å². The second-order valence-electron chi connectivity index (χ2n) is 8.30. The molecule has 1 aliphatic rings. The number of amides is 1. The fourth-order valence-corrected chi connectivity index (χ4v) is 6.73. The predicted octanol–water partition coefficient (Wildman–Crippen LogP) is 7.95. The van der Waals surface area contributed by atoms with Gasteiger partial charge in [-0.05, 0) is 79.8 Å². The van der Waals surface area contributed by atoms with Crippen LogP contribution in [-0.2, 0) is 12.8 Å². The molecule has 168 valence electrons. The molecule has 0 spiro atoms. The lowest BCUT2D eigenvalue weighted by molar-refractivity contribution is 0.102. The van der Waals surface area contributed by atoms with Crippen molar-refractivity contribution in [3.8, 4) is 22.1 Å². The van der Waals surface area contributed by atoms with Gasteiger partial charge in [0, 0.05) is 16.0 Å². The average Bonchev–Trinajstić information content (AvgIpc) is 3.45. The molecular weight excluding hydrogens is 460 g/mol. The number of thiophene rings is 1. The Morgan fingerprint density at radius 1 is 0.824 bits per heavy atom. The first-order chi connectivity index (χ1) is 16.7. The van der Waals surface area contributed by atoms with Crippen LogP contribution < -0.4 is 10.1 Å². The third-order valence-electron chi connectivity index (χ3n) is 6.00. The summed E-state index contributed by atoms with van der Waals surface area (Å²) in [7, 11) is 0. The first kappa shape index (κ1) is 21.1. The maximum atomic E-state index is 13.2. The molecule has 6 heteroatoms. The number of aromatic nitrogens is 1. The van der Waals surface area contributed by atoms with Gasteiger partial charge in [-0.15, -0.1) is 22.7 Å². The van der Waals surface area contributed by atoms with Gasteiger partial charge in [-0.1, -0.05) is 30.3 Å². The molecule has 2 heterocycles. The van der Waals surface area contributed by atoms with Crippen molar-refractivity contribution in [3.63, 3.8) is 0 Å². The Bertz CT molecular complexity index is 1440. The maximum Gasteiger partial charge on any atom is 0.256 e. The Morgan fingerprint density at radius 3 is 2.38 bits per heavy atom. The van der Waals surface area contributed by atoms with Gasteiger partial charge in [0.2, 0.25) is 0 Å². The first-order valence-electron chi connectivity index (χ1n) is 11.4. The second-order valence-corrected chi connectivity index (χ2v) is 10.4. The number of carbonyl (C=O) groups excluding carboxylic acids is 1. The molecule has 0 unspecified atom stereocenters. The van der Waals surface area contributed by atoms with Crippen molar-refractivity contribution in [1.82, 2.24) is 4.98 Å². The SMILES string of the molecule is O=C(Nc1sc2c(c1-c1nc3ccccc3s1)CCCC2)c1ccc(Oc2ccccc2)cc1. The van der Waals surface area contributed by atoms with Crippen molar-refractivity contribution in [2.45, 2.75) is 25.7 Å². The molecule has 0 aliphatic heterocycles. The van der Waals surface area contributed by atoms with E-state index < -0.39 is 0 Å². The van der Waals surface area contributed by atoms with Crippen LogP contribution in [0.5, 0.6) is 11.5 Å². The van der Waals surface area contributed by atoms with E-state index in [0.717, 1.165) is 39.7 Å². The van der Waals surface area contributed by atoms with Crippen molar-refractivity contribution >= 4 is 43.8 Å². The lowest BCUT2D eigenvalue weighted by Crippen LogP contribution is -2.11. The number of nitrogens with zero attached hydrogens (tertiary/aromatic N) is 1. The highest BCUT2D eigenvalue weighted by Gasteiger charge is 2.25. The van der Waals surface area contributed by atoms with E-state index in [4.69, 9.17) is 9.72 Å². The van der Waals surface area contributed by atoms with Crippen molar-refractivity contribution in [2.75, 3.05) is 5.32 Å². The highest BCUT2D eigenvalue weighted by atomic mass is 32.1. The third-order valence-corrected chi connectivity index (χ3v) is 8.26. The summed E-state index contributed by atoms with van der Waals surface area (Å²) in [5.74, 6) is 1.35. The van der Waals surface area contributed by atoms with Gasteiger partial charge in [0.1, 0.15) is 21.5 Å². The molecule has 1 N–H and O–H groups in total. The summed E-state index contributed by atoms with van der Waals surface area (Å²) in [6.45, 7) is 0. The number of aryl methyl sites for hydroxylation is 1. The summed E-state index contributed by atoms with van der Waals surface area (Å²) < 4.78 is 7.02. The normalized spacial score (nSPS) is 12.9. The van der Waals surface area contributed by atoms with Crippen molar-refractivity contribution in [2.24, 2.45) is 0 Å². The van der Waals surface area contributed by atoms with Crippen molar-refractivity contribution < 1.29 is 9.53 Å². The van der Waals surface area contributed by atoms with E-state index in [2.05, 4.69) is 11.4 Å². The van der Waals surface area contributed by atoms with Crippen LogP contribution in [0.4, 0.5) is 5.00 Å². The summed E-state index contributed by atoms with van der Waals surface area (Å²) in [4.78, 5) is 19.5. The Morgan fingerprint density at radius 2 is 1.56 bits per heavy atom. The predicted molar refractivity (Wildman–Crippen MR) is 140 cm³/mol. The second kappa shape index (κ2) is 9.05. The molecule has 0 saturated carbocycles. The molecule has 34 heavy (non-hydrogen) atoms. The van der Waals surface area contributed by atoms with Gasteiger partial charge in [-0.2, -0.15) is 0 Å². The Hall–Kier alpha value is -3.48. The minimum absolute atomic E-state index is 0.118. The number of carbonyl (C=O) groups is 1. The van der Waals surface area contributed by atoms with Gasteiger partial charge in [-0.25, -0.2) is 4.98 Å². The Balaban J connectivity index is 1.29. The number of hydrogen-bond donors (Lipinski definition) is 1. The minimum Gasteiger partial charge on any atom is -0.457 e. The third kappa shape index (κ3) is 4.11. The number of anilines is 1. The summed E-state index contributed by atoms with van der Waals surface area (Å²) in [6.07, 6.45) is 4.48. The van der Waals surface area contributed by atoms with Crippen LogP contribution in [0.1, 0.15) is 33.6 Å². The van der Waals surface area contributed by atoms with Crippen LogP contribution in [0.3, 0.4) is 0 Å². The number of nitrogens with one attached hydrogen (secondary N) is 1. The zero-order valence-corrected chi connectivity index (χ0v) is 20.0. The molecule has 0 fully saturated rings. The minimum atomic E-state index is -0.118. The standard InChI is InChI=1S/C28H22N2O2S2/c31-26(18-14-16-20(17-15-18)32-19-8-2-1-3-9-19)30-28-25(21-10-4-6-12-23(21)33-28)27-29-22-11-5-7-13-24(22)34-27/h1-3,5,7-9,11,13-17H,4,6,10,12H2,(H,30,31). The number of benzene rings is 3. The lowest BCUT2D eigenvalue weighted by atomic mass is 9.95. The van der Waals surface area contributed by atoms with Crippen LogP contribution in [0.25, 0.3) is 20.8 Å². The van der Waals surface area contributed by atoms with Crippen LogP contribution in [0.2, 0.25) is 0 Å². The van der Waals surface area contributed by atoms with Crippen molar-refractivity contribution in [1.29, 1.82) is 0 Å². The number of fused-ring (bicyclic) bond motifs is 2. The maximum absolute atomic E-state index is 13.2. The van der Waals surface area contributed by atoms with E-state index in [1.165, 1.54) is 28.0 Å². The van der Waals surface area contributed by atoms with E-state index in [1.54, 1.807) is 34.8 Å². The quantitative estimate of drug-likeness (QED) is 0.276. The number of rotatable bonds is 5. The van der Waals surface area contributed by atoms with Gasteiger partial charge < -0.3 is 10.1 Å². The Labute approximate surface area is 205 Å². The number of para-hydroxylation sites is 2. The number of thiazole rings is 1. The zero-order valence-electron chi connectivity index (χ0n) is 18.4. The highest BCUT2D eigenvalue weighted by molar-refractivity contribution is 7.23. The summed E-state index contributed by atoms with van der Waals surface area (Å²) in [6, 6.07) is 25.1. The monoisotopic (exact) mass is 482 g/mol. The van der Waals surface area contributed by atoms with Gasteiger partial charge in [0.05, 0.1) is 10.2 Å². The molecule has 3 aromatic carbocycles. The summed E-state index contributed by atoms with van der Waals surface area (Å²) in [5, 5.41) is 5.09. The van der Waals surface area contributed by atoms with Crippen LogP contribution in [0, 0.1) is 0 Å². The molecule has 1 amide bonds. The van der Waals surface area contributed by atoms with Crippen molar-refractivity contribution in [3.05, 3.63) is 94.9 Å². The molecule has 0 radical (unpaired) electrons. The van der Waals surface area contributed by atoms with Crippen LogP contribution in [0.15, 0.2) is 78.9 Å². The molecule has 4 nitrogen and oxygen atoms in total. The molecule has 0 bridgehead atoms. The number of ether oxygens (including phenoxy) is 1. The fourth-order valence-electron chi connectivity index (χ4n) is 4.33. The molecule has 6 rings (SSSR count). The van der Waals surface area contributed by atoms with E-state index in [0.29, 0.717) is 11.3 Å². The molecule has 1 aliphatic carbocycles. The zero-order chi connectivity index (χ0) is 22.9. The first-order valence-corrected chi connectivity index (χ1v) is 13.0. The van der Waals surface area contributed by atoms with Gasteiger partial charge >= 0.3 is 0 Å². The van der Waals surface area contributed by atoms with Gasteiger partial charge in [-0.3, -0.25) is 4.79 Å². The van der Waals surface area contributed by atoms with Crippen LogP contribution >= 0.6 is 22.7 Å². The molecule has 0 atom stereocenters. The highest BCUT2D eigenvalue weighted by Crippen LogP contribution is 2.46. The molecule has 5 aromatic rings. The Kier molecular flexibility index (Phi) is 5.61. The fraction of sp³-hybridized carbons (Fsp3) is 0.143. The van der Waals surface area contributed by atoms with E-state index in [1.807, 2.05) is 60.7 Å². The van der Waals surface area contributed by atoms with E-state index in [-0.39, 0.29) is 5.91 Å². The van der Waals surface area contributed by atoms with Gasteiger partial charge in [0.15, 0.2) is 0 Å². The average molecular weight is 483 g/mol. The molecule has 2 aromatic heterocycles. The molecule has 0 saturated heterocycles. The summed E-state index contributed by atoms with van der Waals surface area (Å²) >= 11 is 3.40.